The van der Waals surface area contributed by atoms with Crippen molar-refractivity contribution >= 4 is 27.5 Å². The Morgan fingerprint density at radius 1 is 1.00 bits per heavy atom. The lowest BCUT2D eigenvalue weighted by Gasteiger charge is -2.15. The molecule has 0 saturated carbocycles. The van der Waals surface area contributed by atoms with Crippen molar-refractivity contribution in [1.29, 1.82) is 0 Å². The Labute approximate surface area is 131 Å². The number of hydrogen-bond donors (Lipinski definition) is 0. The second-order valence-electron chi connectivity index (χ2n) is 3.98. The molecule has 0 fully saturated rings. The van der Waals surface area contributed by atoms with Gasteiger partial charge < -0.3 is 14.2 Å². The summed E-state index contributed by atoms with van der Waals surface area (Å²) in [5.41, 5.74) is 0.949. The average molecular weight is 358 g/mol. The maximum Gasteiger partial charge on any atom is 0.211 e. The molecule has 0 atom stereocenters. The molecular weight excluding hydrogens is 344 g/mol. The van der Waals surface area contributed by atoms with E-state index in [1.54, 1.807) is 20.3 Å². The number of halogens is 2. The van der Waals surface area contributed by atoms with Crippen LogP contribution in [0.2, 0.25) is 5.02 Å². The Morgan fingerprint density at radius 2 is 1.65 bits per heavy atom. The fourth-order valence-corrected chi connectivity index (χ4v) is 2.41. The van der Waals surface area contributed by atoms with Crippen LogP contribution in [0.5, 0.6) is 23.0 Å². The molecule has 2 rings (SSSR count). The molecule has 0 unspecified atom stereocenters. The van der Waals surface area contributed by atoms with Crippen LogP contribution in [-0.4, -0.2) is 14.2 Å². The van der Waals surface area contributed by atoms with Gasteiger partial charge in [-0.3, -0.25) is 0 Å². The lowest BCUT2D eigenvalue weighted by atomic mass is 10.2. The number of rotatable bonds is 5. The van der Waals surface area contributed by atoms with Crippen molar-refractivity contribution in [1.82, 2.24) is 0 Å². The standard InChI is InChI=1S/C15H14BrClO3/c1-18-13-4-3-5-14(19-2)15(13)20-12-7-6-11(17)8-10(12)9-16/h3-8H,9H2,1-2H3. The highest BCUT2D eigenvalue weighted by Gasteiger charge is 2.14. The number of benzene rings is 2. The van der Waals surface area contributed by atoms with Crippen LogP contribution < -0.4 is 14.2 Å². The first-order valence-electron chi connectivity index (χ1n) is 5.92. The molecular formula is C15H14BrClO3. The smallest absolute Gasteiger partial charge is 0.211 e. The van der Waals surface area contributed by atoms with Gasteiger partial charge in [-0.05, 0) is 30.3 Å². The molecule has 0 aliphatic carbocycles. The van der Waals surface area contributed by atoms with Gasteiger partial charge in [0.05, 0.1) is 14.2 Å². The first-order chi connectivity index (χ1) is 9.69. The van der Waals surface area contributed by atoms with E-state index in [-0.39, 0.29) is 0 Å². The summed E-state index contributed by atoms with van der Waals surface area (Å²) >= 11 is 9.42. The highest BCUT2D eigenvalue weighted by molar-refractivity contribution is 9.08. The fraction of sp³-hybridized carbons (Fsp3) is 0.200. The van der Waals surface area contributed by atoms with Crippen molar-refractivity contribution < 1.29 is 14.2 Å². The topological polar surface area (TPSA) is 27.7 Å². The fourth-order valence-electron chi connectivity index (χ4n) is 1.78. The number of para-hydroxylation sites is 1. The van der Waals surface area contributed by atoms with E-state index in [4.69, 9.17) is 25.8 Å². The summed E-state index contributed by atoms with van der Waals surface area (Å²) in [5.74, 6) is 2.47. The predicted octanol–water partition coefficient (Wildman–Crippen LogP) is 5.04. The van der Waals surface area contributed by atoms with Crippen LogP contribution in [0.4, 0.5) is 0 Å². The molecule has 3 nitrogen and oxygen atoms in total. The van der Waals surface area contributed by atoms with Crippen LogP contribution in [0, 0.1) is 0 Å². The second-order valence-corrected chi connectivity index (χ2v) is 4.98. The molecule has 0 N–H and O–H groups in total. The SMILES string of the molecule is COc1cccc(OC)c1Oc1ccc(Cl)cc1CBr. The summed E-state index contributed by atoms with van der Waals surface area (Å²) in [4.78, 5) is 0. The van der Waals surface area contributed by atoms with E-state index < -0.39 is 0 Å². The van der Waals surface area contributed by atoms with Gasteiger partial charge in [0.2, 0.25) is 5.75 Å². The van der Waals surface area contributed by atoms with Gasteiger partial charge in [-0.25, -0.2) is 0 Å². The second kappa shape index (κ2) is 6.86. The van der Waals surface area contributed by atoms with Crippen molar-refractivity contribution in [2.75, 3.05) is 14.2 Å². The molecule has 0 aliphatic rings. The summed E-state index contributed by atoms with van der Waals surface area (Å²) in [6.45, 7) is 0. The van der Waals surface area contributed by atoms with E-state index in [1.807, 2.05) is 30.3 Å². The van der Waals surface area contributed by atoms with Gasteiger partial charge in [-0.15, -0.1) is 0 Å². The van der Waals surface area contributed by atoms with Crippen LogP contribution in [0.3, 0.4) is 0 Å². The molecule has 2 aromatic rings. The van der Waals surface area contributed by atoms with Crippen molar-refractivity contribution in [3.05, 3.63) is 47.0 Å². The minimum atomic E-state index is 0.544. The Hall–Kier alpha value is -1.39. The van der Waals surface area contributed by atoms with Crippen LogP contribution in [-0.2, 0) is 5.33 Å². The summed E-state index contributed by atoms with van der Waals surface area (Å²) in [6, 6.07) is 10.9. The molecule has 0 heterocycles. The molecule has 0 spiro atoms. The molecule has 106 valence electrons. The average Bonchev–Trinajstić information content (AvgIpc) is 2.49. The van der Waals surface area contributed by atoms with Gasteiger partial charge in [0.1, 0.15) is 5.75 Å². The van der Waals surface area contributed by atoms with Crippen LogP contribution in [0.1, 0.15) is 5.56 Å². The number of methoxy groups -OCH3 is 2. The largest absolute Gasteiger partial charge is 0.493 e. The maximum absolute atomic E-state index is 5.99. The van der Waals surface area contributed by atoms with E-state index >= 15 is 0 Å². The van der Waals surface area contributed by atoms with E-state index in [9.17, 15) is 0 Å². The van der Waals surface area contributed by atoms with Gasteiger partial charge in [-0.2, -0.15) is 0 Å². The van der Waals surface area contributed by atoms with E-state index in [1.165, 1.54) is 0 Å². The third-order valence-corrected chi connectivity index (χ3v) is 3.60. The van der Waals surface area contributed by atoms with E-state index in [0.29, 0.717) is 33.4 Å². The zero-order valence-corrected chi connectivity index (χ0v) is 13.5. The molecule has 2 aromatic carbocycles. The molecule has 20 heavy (non-hydrogen) atoms. The highest BCUT2D eigenvalue weighted by Crippen LogP contribution is 2.41. The number of alkyl halides is 1. The Kier molecular flexibility index (Phi) is 5.15. The Morgan fingerprint density at radius 3 is 2.20 bits per heavy atom. The lowest BCUT2D eigenvalue weighted by Crippen LogP contribution is -1.96. The van der Waals surface area contributed by atoms with Crippen molar-refractivity contribution in [3.63, 3.8) is 0 Å². The maximum atomic E-state index is 5.99. The molecule has 5 heteroatoms. The van der Waals surface area contributed by atoms with Crippen molar-refractivity contribution in [3.8, 4) is 23.0 Å². The van der Waals surface area contributed by atoms with Gasteiger partial charge in [-0.1, -0.05) is 33.6 Å². The Balaban J connectivity index is 2.44. The van der Waals surface area contributed by atoms with Gasteiger partial charge >= 0.3 is 0 Å². The summed E-state index contributed by atoms with van der Waals surface area (Å²) < 4.78 is 16.6. The number of hydrogen-bond acceptors (Lipinski definition) is 3. The molecule has 0 aliphatic heterocycles. The first kappa shape index (κ1) is 15.0. The Bertz CT molecular complexity index is 579. The zero-order chi connectivity index (χ0) is 14.5. The first-order valence-corrected chi connectivity index (χ1v) is 7.42. The molecule has 0 aromatic heterocycles. The third-order valence-electron chi connectivity index (χ3n) is 2.76. The van der Waals surface area contributed by atoms with Crippen LogP contribution in [0.25, 0.3) is 0 Å². The predicted molar refractivity (Wildman–Crippen MR) is 83.7 cm³/mol. The summed E-state index contributed by atoms with van der Waals surface area (Å²) in [7, 11) is 3.18. The van der Waals surface area contributed by atoms with Crippen molar-refractivity contribution in [2.45, 2.75) is 5.33 Å². The molecule has 0 saturated heterocycles. The van der Waals surface area contributed by atoms with Gasteiger partial charge in [0.25, 0.3) is 0 Å². The van der Waals surface area contributed by atoms with Crippen molar-refractivity contribution in [2.24, 2.45) is 0 Å². The third kappa shape index (κ3) is 3.19. The normalized spacial score (nSPS) is 10.2. The molecule has 0 radical (unpaired) electrons. The molecule has 0 bridgehead atoms. The quantitative estimate of drug-likeness (QED) is 0.701. The molecule has 0 amide bonds. The highest BCUT2D eigenvalue weighted by atomic mass is 79.9. The minimum Gasteiger partial charge on any atom is -0.493 e. The number of ether oxygens (including phenoxy) is 3. The monoisotopic (exact) mass is 356 g/mol. The van der Waals surface area contributed by atoms with Gasteiger partial charge in [0.15, 0.2) is 11.5 Å². The van der Waals surface area contributed by atoms with E-state index in [2.05, 4.69) is 15.9 Å². The minimum absolute atomic E-state index is 0.544. The zero-order valence-electron chi connectivity index (χ0n) is 11.2. The van der Waals surface area contributed by atoms with Gasteiger partial charge in [0, 0.05) is 15.9 Å². The summed E-state index contributed by atoms with van der Waals surface area (Å²) in [6.07, 6.45) is 0. The van der Waals surface area contributed by atoms with Crippen LogP contribution >= 0.6 is 27.5 Å². The van der Waals surface area contributed by atoms with Crippen LogP contribution in [0.15, 0.2) is 36.4 Å². The van der Waals surface area contributed by atoms with E-state index in [0.717, 1.165) is 5.56 Å². The lowest BCUT2D eigenvalue weighted by molar-refractivity contribution is 0.345. The summed E-state index contributed by atoms with van der Waals surface area (Å²) in [5, 5.41) is 1.30.